The van der Waals surface area contributed by atoms with Gasteiger partial charge in [-0.05, 0) is 51.8 Å². The van der Waals surface area contributed by atoms with Crippen LogP contribution < -0.4 is 9.73 Å². The molecule has 35 heavy (non-hydrogen) atoms. The van der Waals surface area contributed by atoms with Gasteiger partial charge in [0.05, 0.1) is 22.0 Å². The predicted octanol–water partition coefficient (Wildman–Crippen LogP) is 3.30. The van der Waals surface area contributed by atoms with E-state index in [2.05, 4.69) is 9.93 Å². The minimum atomic E-state index is -3.89. The van der Waals surface area contributed by atoms with Crippen LogP contribution in [0.2, 0.25) is 0 Å². The zero-order chi connectivity index (χ0) is 25.6. The van der Waals surface area contributed by atoms with Crippen molar-refractivity contribution < 1.29 is 18.1 Å². The lowest BCUT2D eigenvalue weighted by Gasteiger charge is -2.36. The minimum absolute atomic E-state index is 0.0632. The van der Waals surface area contributed by atoms with Crippen molar-refractivity contribution in [3.05, 3.63) is 63.7 Å². The van der Waals surface area contributed by atoms with Gasteiger partial charge < -0.3 is 9.80 Å². The first-order valence-corrected chi connectivity index (χ1v) is 13.1. The van der Waals surface area contributed by atoms with Gasteiger partial charge in [0.15, 0.2) is 0 Å². The van der Waals surface area contributed by atoms with Crippen molar-refractivity contribution in [3.63, 3.8) is 0 Å². The number of nitrogens with zero attached hydrogens (tertiary/aromatic N) is 4. The predicted molar refractivity (Wildman–Crippen MR) is 135 cm³/mol. The molecule has 1 saturated heterocycles. The summed E-state index contributed by atoms with van der Waals surface area (Å²) in [5.74, 6) is -0.0774. The molecule has 10 nitrogen and oxygen atoms in total. The highest BCUT2D eigenvalue weighted by Crippen LogP contribution is 2.29. The maximum atomic E-state index is 12.9. The Kier molecular flexibility index (Phi) is 8.44. The largest absolute Gasteiger partial charge is 0.370 e. The Bertz CT molecular complexity index is 1190. The molecule has 1 N–H and O–H groups in total. The Labute approximate surface area is 205 Å². The van der Waals surface area contributed by atoms with Gasteiger partial charge in [0.1, 0.15) is 0 Å². The maximum Gasteiger partial charge on any atom is 0.276 e. The molecule has 0 aromatic heterocycles. The van der Waals surface area contributed by atoms with Gasteiger partial charge >= 0.3 is 0 Å². The van der Waals surface area contributed by atoms with Crippen LogP contribution in [0.5, 0.6) is 0 Å². The normalized spacial score (nSPS) is 16.3. The number of carbonyl (C=O) groups is 1. The SMILES string of the molecule is CCN(CC)C(=O)C1CCCN(c2ccc([N+](=O)[O-])cc2/C=N/NS(=O)(=O)c2ccc(C)cc2)C1. The average molecular weight is 502 g/mol. The number of anilines is 1. The zero-order valence-corrected chi connectivity index (χ0v) is 21.0. The van der Waals surface area contributed by atoms with E-state index in [9.17, 15) is 23.3 Å². The fourth-order valence-corrected chi connectivity index (χ4v) is 4.96. The second-order valence-corrected chi connectivity index (χ2v) is 10.1. The quantitative estimate of drug-likeness (QED) is 0.319. The maximum absolute atomic E-state index is 12.9. The number of rotatable bonds is 9. The van der Waals surface area contributed by atoms with Crippen molar-refractivity contribution in [2.75, 3.05) is 31.1 Å². The molecule has 0 saturated carbocycles. The third kappa shape index (κ3) is 6.36. The molecule has 0 bridgehead atoms. The highest BCUT2D eigenvalue weighted by Gasteiger charge is 2.29. The lowest BCUT2D eigenvalue weighted by molar-refractivity contribution is -0.384. The number of benzene rings is 2. The minimum Gasteiger partial charge on any atom is -0.370 e. The average Bonchev–Trinajstić information content (AvgIpc) is 2.85. The third-order valence-corrected chi connectivity index (χ3v) is 7.35. The highest BCUT2D eigenvalue weighted by molar-refractivity contribution is 7.89. The van der Waals surface area contributed by atoms with E-state index in [1.807, 2.05) is 30.6 Å². The Morgan fingerprint density at radius 2 is 1.91 bits per heavy atom. The van der Waals surface area contributed by atoms with Crippen LogP contribution in [0.3, 0.4) is 0 Å². The van der Waals surface area contributed by atoms with E-state index in [0.29, 0.717) is 37.4 Å². The second-order valence-electron chi connectivity index (χ2n) is 8.46. The number of hydrazone groups is 1. The van der Waals surface area contributed by atoms with Crippen molar-refractivity contribution in [3.8, 4) is 0 Å². The monoisotopic (exact) mass is 501 g/mol. The van der Waals surface area contributed by atoms with Gasteiger partial charge in [-0.15, -0.1) is 0 Å². The number of hydrogen-bond acceptors (Lipinski definition) is 7. The van der Waals surface area contributed by atoms with Crippen LogP contribution in [0.25, 0.3) is 0 Å². The summed E-state index contributed by atoms with van der Waals surface area (Å²) >= 11 is 0. The van der Waals surface area contributed by atoms with Crippen molar-refractivity contribution >= 4 is 33.5 Å². The summed E-state index contributed by atoms with van der Waals surface area (Å²) in [7, 11) is -3.89. The number of sulfonamides is 1. The van der Waals surface area contributed by atoms with Crippen molar-refractivity contribution in [1.29, 1.82) is 0 Å². The van der Waals surface area contributed by atoms with E-state index in [0.717, 1.165) is 18.4 Å². The molecule has 2 aromatic carbocycles. The summed E-state index contributed by atoms with van der Waals surface area (Å²) in [6.45, 7) is 8.19. The fraction of sp³-hybridized carbons (Fsp3) is 0.417. The number of hydrogen-bond donors (Lipinski definition) is 1. The number of nitro groups is 1. The molecule has 1 amide bonds. The van der Waals surface area contributed by atoms with E-state index >= 15 is 0 Å². The number of carbonyl (C=O) groups excluding carboxylic acids is 1. The number of non-ortho nitro benzene ring substituents is 1. The van der Waals surface area contributed by atoms with Crippen LogP contribution in [0, 0.1) is 23.0 Å². The summed E-state index contributed by atoms with van der Waals surface area (Å²) in [4.78, 5) is 29.8. The van der Waals surface area contributed by atoms with Gasteiger partial charge in [-0.3, -0.25) is 14.9 Å². The second kappa shape index (κ2) is 11.3. The summed E-state index contributed by atoms with van der Waals surface area (Å²) < 4.78 is 25.1. The molecule has 1 aliphatic heterocycles. The molecule has 1 atom stereocenters. The van der Waals surface area contributed by atoms with Crippen molar-refractivity contribution in [2.45, 2.75) is 38.5 Å². The molecule has 1 aliphatic rings. The number of piperidine rings is 1. The molecule has 2 aromatic rings. The smallest absolute Gasteiger partial charge is 0.276 e. The van der Waals surface area contributed by atoms with E-state index in [1.165, 1.54) is 30.5 Å². The molecular formula is C24H31N5O5S. The van der Waals surface area contributed by atoms with E-state index < -0.39 is 14.9 Å². The van der Waals surface area contributed by atoms with Crippen LogP contribution in [-0.2, 0) is 14.8 Å². The fourth-order valence-electron chi connectivity index (χ4n) is 4.17. The van der Waals surface area contributed by atoms with Gasteiger partial charge in [0.25, 0.3) is 15.7 Å². The van der Waals surface area contributed by atoms with E-state index in [4.69, 9.17) is 0 Å². The van der Waals surface area contributed by atoms with Crippen LogP contribution in [0.1, 0.15) is 37.8 Å². The highest BCUT2D eigenvalue weighted by atomic mass is 32.2. The zero-order valence-electron chi connectivity index (χ0n) is 20.2. The lowest BCUT2D eigenvalue weighted by atomic mass is 9.95. The number of nitrogens with one attached hydrogen (secondary N) is 1. The standard InChI is InChI=1S/C24H31N5O5S/c1-4-27(5-2)24(30)19-7-6-14-28(17-19)23-13-10-21(29(31)32)15-20(23)16-25-26-35(33,34)22-11-8-18(3)9-12-22/h8-13,15-16,19,26H,4-7,14,17H2,1-3H3/b25-16+. The summed E-state index contributed by atoms with van der Waals surface area (Å²) in [5.41, 5.74) is 1.84. The molecule has 11 heteroatoms. The topological polar surface area (TPSA) is 125 Å². The van der Waals surface area contributed by atoms with Gasteiger partial charge in [0.2, 0.25) is 5.91 Å². The molecule has 0 aliphatic carbocycles. The van der Waals surface area contributed by atoms with Gasteiger partial charge in [-0.25, -0.2) is 4.83 Å². The van der Waals surface area contributed by atoms with Crippen LogP contribution in [-0.4, -0.2) is 56.5 Å². The molecule has 1 heterocycles. The number of nitro benzene ring substituents is 1. The first-order chi connectivity index (χ1) is 16.7. The van der Waals surface area contributed by atoms with Crippen LogP contribution >= 0.6 is 0 Å². The lowest BCUT2D eigenvalue weighted by Crippen LogP contribution is -2.45. The van der Waals surface area contributed by atoms with Crippen LogP contribution in [0.15, 0.2) is 52.5 Å². The Morgan fingerprint density at radius 1 is 1.23 bits per heavy atom. The van der Waals surface area contributed by atoms with Gasteiger partial charge in [0, 0.05) is 49.6 Å². The molecule has 0 spiro atoms. The summed E-state index contributed by atoms with van der Waals surface area (Å²) in [6, 6.07) is 10.7. The molecule has 1 unspecified atom stereocenters. The van der Waals surface area contributed by atoms with E-state index in [1.54, 1.807) is 18.2 Å². The van der Waals surface area contributed by atoms with Crippen molar-refractivity contribution in [2.24, 2.45) is 11.0 Å². The first-order valence-electron chi connectivity index (χ1n) is 11.6. The summed E-state index contributed by atoms with van der Waals surface area (Å²) in [5, 5.41) is 15.2. The molecule has 1 fully saturated rings. The first kappa shape index (κ1) is 26.1. The van der Waals surface area contributed by atoms with Crippen LogP contribution in [0.4, 0.5) is 11.4 Å². The molecule has 0 radical (unpaired) electrons. The Balaban J connectivity index is 1.86. The Morgan fingerprint density at radius 3 is 2.54 bits per heavy atom. The van der Waals surface area contributed by atoms with Crippen molar-refractivity contribution in [1.82, 2.24) is 9.73 Å². The van der Waals surface area contributed by atoms with Gasteiger partial charge in [-0.1, -0.05) is 17.7 Å². The Hall–Kier alpha value is -3.47. The molecule has 188 valence electrons. The molecule has 3 rings (SSSR count). The number of aryl methyl sites for hydroxylation is 1. The van der Waals surface area contributed by atoms with E-state index in [-0.39, 0.29) is 22.4 Å². The molecular weight excluding hydrogens is 470 g/mol. The number of amides is 1. The third-order valence-electron chi connectivity index (χ3n) is 6.12. The van der Waals surface area contributed by atoms with Gasteiger partial charge in [-0.2, -0.15) is 13.5 Å². The summed E-state index contributed by atoms with van der Waals surface area (Å²) in [6.07, 6.45) is 2.84.